The van der Waals surface area contributed by atoms with E-state index in [1.165, 1.54) is 4.90 Å². The van der Waals surface area contributed by atoms with Crippen LogP contribution in [0.1, 0.15) is 10.4 Å². The van der Waals surface area contributed by atoms with Gasteiger partial charge in [-0.15, -0.1) is 0 Å². The Bertz CT molecular complexity index is 668. The Hall–Kier alpha value is -2.77. The predicted octanol–water partition coefficient (Wildman–Crippen LogP) is 0.00320. The van der Waals surface area contributed by atoms with Crippen molar-refractivity contribution in [2.75, 3.05) is 46.9 Å². The van der Waals surface area contributed by atoms with Crippen LogP contribution in [0.5, 0.6) is 5.75 Å². The van der Waals surface area contributed by atoms with E-state index in [-0.39, 0.29) is 17.8 Å². The maximum absolute atomic E-state index is 12.5. The molecule has 8 heteroatoms. The summed E-state index contributed by atoms with van der Waals surface area (Å²) in [5, 5.41) is 2.67. The lowest BCUT2D eigenvalue weighted by Crippen LogP contribution is -2.54. The third-order valence-corrected chi connectivity index (χ3v) is 4.61. The number of urea groups is 1. The van der Waals surface area contributed by atoms with Crippen LogP contribution in [-0.2, 0) is 4.79 Å². The first kappa shape index (κ1) is 17.1. The third kappa shape index (κ3) is 3.52. The zero-order chi connectivity index (χ0) is 18.0. The van der Waals surface area contributed by atoms with Gasteiger partial charge in [-0.05, 0) is 24.3 Å². The number of piperazine rings is 1. The van der Waals surface area contributed by atoms with Crippen LogP contribution >= 0.6 is 0 Å². The summed E-state index contributed by atoms with van der Waals surface area (Å²) in [5.41, 5.74) is 0.602. The van der Waals surface area contributed by atoms with E-state index in [1.54, 1.807) is 48.2 Å². The summed E-state index contributed by atoms with van der Waals surface area (Å²) < 4.78 is 5.10. The molecule has 0 aromatic heterocycles. The van der Waals surface area contributed by atoms with Gasteiger partial charge in [-0.25, -0.2) is 4.79 Å². The average Bonchev–Trinajstić information content (AvgIpc) is 2.99. The summed E-state index contributed by atoms with van der Waals surface area (Å²) in [6.07, 6.45) is 0. The number of benzene rings is 1. The van der Waals surface area contributed by atoms with E-state index in [0.717, 1.165) is 0 Å². The second-order valence-corrected chi connectivity index (χ2v) is 6.23. The van der Waals surface area contributed by atoms with Crippen molar-refractivity contribution in [1.82, 2.24) is 20.0 Å². The topological polar surface area (TPSA) is 82.2 Å². The molecule has 25 heavy (non-hydrogen) atoms. The number of amides is 4. The fraction of sp³-hybridized carbons (Fsp3) is 0.471. The van der Waals surface area contributed by atoms with Crippen molar-refractivity contribution in [3.8, 4) is 5.75 Å². The molecule has 8 nitrogen and oxygen atoms in total. The molecule has 1 N–H and O–H groups in total. The van der Waals surface area contributed by atoms with Crippen LogP contribution in [0.4, 0.5) is 4.79 Å². The van der Waals surface area contributed by atoms with Crippen LogP contribution in [0.2, 0.25) is 0 Å². The second kappa shape index (κ2) is 7.00. The van der Waals surface area contributed by atoms with Gasteiger partial charge in [0.05, 0.1) is 13.7 Å². The largest absolute Gasteiger partial charge is 0.497 e. The number of methoxy groups -OCH3 is 1. The van der Waals surface area contributed by atoms with Crippen molar-refractivity contribution in [2.24, 2.45) is 0 Å². The number of ether oxygens (including phenoxy) is 1. The maximum atomic E-state index is 12.5. The van der Waals surface area contributed by atoms with Gasteiger partial charge >= 0.3 is 6.03 Å². The Morgan fingerprint density at radius 2 is 1.68 bits per heavy atom. The average molecular weight is 346 g/mol. The SMILES string of the molecule is COc1ccc(C(=O)N2CCN(C(=O)C3CN(C)C(=O)N3)CC2)cc1. The van der Waals surface area contributed by atoms with E-state index in [1.807, 2.05) is 0 Å². The summed E-state index contributed by atoms with van der Waals surface area (Å²) in [5.74, 6) is 0.563. The Kier molecular flexibility index (Phi) is 4.78. The van der Waals surface area contributed by atoms with Crippen LogP contribution < -0.4 is 10.1 Å². The fourth-order valence-corrected chi connectivity index (χ4v) is 3.07. The maximum Gasteiger partial charge on any atom is 0.317 e. The summed E-state index contributed by atoms with van der Waals surface area (Å²) in [6.45, 7) is 2.27. The number of rotatable bonds is 3. The number of carbonyl (C=O) groups is 3. The number of carbonyl (C=O) groups excluding carboxylic acids is 3. The van der Waals surface area contributed by atoms with Gasteiger partial charge in [0.15, 0.2) is 0 Å². The predicted molar refractivity (Wildman–Crippen MR) is 90.4 cm³/mol. The molecule has 2 saturated heterocycles. The second-order valence-electron chi connectivity index (χ2n) is 6.23. The molecule has 0 aliphatic carbocycles. The van der Waals surface area contributed by atoms with Crippen LogP contribution in [0.15, 0.2) is 24.3 Å². The molecule has 134 valence electrons. The highest BCUT2D eigenvalue weighted by atomic mass is 16.5. The van der Waals surface area contributed by atoms with Gasteiger partial charge in [-0.1, -0.05) is 0 Å². The van der Waals surface area contributed by atoms with E-state index >= 15 is 0 Å². The lowest BCUT2D eigenvalue weighted by molar-refractivity contribution is -0.134. The molecule has 0 bridgehead atoms. The number of hydrogen-bond acceptors (Lipinski definition) is 4. The molecule has 1 aromatic carbocycles. The molecule has 2 aliphatic rings. The molecule has 3 rings (SSSR count). The van der Waals surface area contributed by atoms with Crippen molar-refractivity contribution >= 4 is 17.8 Å². The molecule has 2 aliphatic heterocycles. The van der Waals surface area contributed by atoms with Crippen molar-refractivity contribution < 1.29 is 19.1 Å². The Morgan fingerprint density at radius 3 is 2.20 bits per heavy atom. The molecule has 0 radical (unpaired) electrons. The first-order valence-corrected chi connectivity index (χ1v) is 8.23. The van der Waals surface area contributed by atoms with Gasteiger partial charge < -0.3 is 24.8 Å². The lowest BCUT2D eigenvalue weighted by atomic mass is 10.1. The Labute approximate surface area is 146 Å². The van der Waals surface area contributed by atoms with E-state index in [4.69, 9.17) is 4.74 Å². The fourth-order valence-electron chi connectivity index (χ4n) is 3.07. The molecule has 1 atom stereocenters. The van der Waals surface area contributed by atoms with Crippen molar-refractivity contribution in [2.45, 2.75) is 6.04 Å². The van der Waals surface area contributed by atoms with Gasteiger partial charge in [0, 0.05) is 38.8 Å². The summed E-state index contributed by atoms with van der Waals surface area (Å²) >= 11 is 0. The minimum Gasteiger partial charge on any atom is -0.497 e. The molecule has 1 unspecified atom stereocenters. The van der Waals surface area contributed by atoms with Crippen molar-refractivity contribution in [1.29, 1.82) is 0 Å². The smallest absolute Gasteiger partial charge is 0.317 e. The third-order valence-electron chi connectivity index (χ3n) is 4.61. The first-order valence-electron chi connectivity index (χ1n) is 8.23. The van der Waals surface area contributed by atoms with Crippen LogP contribution in [0.25, 0.3) is 0 Å². The molecule has 1 aromatic rings. The monoisotopic (exact) mass is 346 g/mol. The highest BCUT2D eigenvalue weighted by Gasteiger charge is 2.35. The van der Waals surface area contributed by atoms with E-state index in [9.17, 15) is 14.4 Å². The highest BCUT2D eigenvalue weighted by Crippen LogP contribution is 2.15. The summed E-state index contributed by atoms with van der Waals surface area (Å²) in [6, 6.07) is 6.26. The number of nitrogens with one attached hydrogen (secondary N) is 1. The summed E-state index contributed by atoms with van der Waals surface area (Å²) in [7, 11) is 3.24. The van der Waals surface area contributed by atoms with Crippen LogP contribution in [0, 0.1) is 0 Å². The Balaban J connectivity index is 1.55. The number of likely N-dealkylation sites (N-methyl/N-ethyl adjacent to an activating group) is 1. The van der Waals surface area contributed by atoms with Gasteiger partial charge in [0.1, 0.15) is 11.8 Å². The molecule has 2 heterocycles. The molecule has 0 saturated carbocycles. The van der Waals surface area contributed by atoms with E-state index in [0.29, 0.717) is 44.0 Å². The Morgan fingerprint density at radius 1 is 1.08 bits per heavy atom. The normalized spacial score (nSPS) is 20.5. The van der Waals surface area contributed by atoms with E-state index < -0.39 is 6.04 Å². The van der Waals surface area contributed by atoms with E-state index in [2.05, 4.69) is 5.32 Å². The van der Waals surface area contributed by atoms with Gasteiger partial charge in [-0.2, -0.15) is 0 Å². The standard InChI is InChI=1S/C17H22N4O4/c1-19-11-14(18-17(19)24)16(23)21-9-7-20(8-10-21)15(22)12-3-5-13(25-2)6-4-12/h3-6,14H,7-11H2,1-2H3,(H,18,24). The van der Waals surface area contributed by atoms with Crippen LogP contribution in [-0.4, -0.2) is 85.5 Å². The number of hydrogen-bond donors (Lipinski definition) is 1. The molecule has 4 amide bonds. The van der Waals surface area contributed by atoms with Crippen molar-refractivity contribution in [3.63, 3.8) is 0 Å². The van der Waals surface area contributed by atoms with Crippen molar-refractivity contribution in [3.05, 3.63) is 29.8 Å². The zero-order valence-electron chi connectivity index (χ0n) is 14.4. The number of nitrogens with zero attached hydrogens (tertiary/aromatic N) is 3. The molecular weight excluding hydrogens is 324 g/mol. The van der Waals surface area contributed by atoms with Crippen LogP contribution in [0.3, 0.4) is 0 Å². The van der Waals surface area contributed by atoms with Gasteiger partial charge in [-0.3, -0.25) is 9.59 Å². The molecule has 2 fully saturated rings. The first-order chi connectivity index (χ1) is 12.0. The quantitative estimate of drug-likeness (QED) is 0.835. The minimum atomic E-state index is -0.499. The highest BCUT2D eigenvalue weighted by molar-refractivity contribution is 5.95. The summed E-state index contributed by atoms with van der Waals surface area (Å²) in [4.78, 5) is 41.5. The minimum absolute atomic E-state index is 0.0522. The zero-order valence-corrected chi connectivity index (χ0v) is 14.4. The lowest BCUT2D eigenvalue weighted by Gasteiger charge is -2.35. The molecule has 0 spiro atoms. The molecular formula is C17H22N4O4. The van der Waals surface area contributed by atoms with Gasteiger partial charge in [0.25, 0.3) is 5.91 Å². The van der Waals surface area contributed by atoms with Gasteiger partial charge in [0.2, 0.25) is 5.91 Å².